The fourth-order valence-corrected chi connectivity index (χ4v) is 3.67. The van der Waals surface area contributed by atoms with Gasteiger partial charge in [-0.1, -0.05) is 24.3 Å². The van der Waals surface area contributed by atoms with E-state index in [1.807, 2.05) is 18.2 Å². The summed E-state index contributed by atoms with van der Waals surface area (Å²) < 4.78 is 28.5. The molecule has 1 aromatic heterocycles. The number of ether oxygens (including phenoxy) is 1. The van der Waals surface area contributed by atoms with E-state index in [1.54, 1.807) is 19.1 Å². The van der Waals surface area contributed by atoms with Gasteiger partial charge in [0.1, 0.15) is 11.3 Å². The van der Waals surface area contributed by atoms with Crippen LogP contribution in [0.4, 0.5) is 5.95 Å². The number of nitrogens with zero attached hydrogens (tertiary/aromatic N) is 3. The summed E-state index contributed by atoms with van der Waals surface area (Å²) in [5.74, 6) is 0.776. The molecule has 1 unspecified atom stereocenters. The van der Waals surface area contributed by atoms with E-state index in [9.17, 15) is 13.2 Å². The molecule has 0 aliphatic carbocycles. The van der Waals surface area contributed by atoms with E-state index < -0.39 is 21.8 Å². The van der Waals surface area contributed by atoms with Gasteiger partial charge >= 0.3 is 0 Å². The smallest absolute Gasteiger partial charge is 0.258 e. The first kappa shape index (κ1) is 21.8. The molecule has 0 saturated carbocycles. The van der Waals surface area contributed by atoms with Crippen molar-refractivity contribution >= 4 is 21.7 Å². The summed E-state index contributed by atoms with van der Waals surface area (Å²) in [6, 6.07) is 8.90. The van der Waals surface area contributed by atoms with Gasteiger partial charge in [-0.3, -0.25) is 4.79 Å². The molecule has 2 heterocycles. The predicted molar refractivity (Wildman–Crippen MR) is 116 cm³/mol. The molecular weight excluding hydrogens is 404 g/mol. The molecule has 0 bridgehead atoms. The molecular formula is C21H26N4O4S. The molecule has 1 N–H and O–H groups in total. The van der Waals surface area contributed by atoms with Gasteiger partial charge in [-0.15, -0.1) is 0 Å². The second kappa shape index (κ2) is 9.25. The topological polar surface area (TPSA) is 101 Å². The van der Waals surface area contributed by atoms with Crippen molar-refractivity contribution in [3.05, 3.63) is 53.6 Å². The molecule has 3 rings (SSSR count). The quantitative estimate of drug-likeness (QED) is 0.720. The van der Waals surface area contributed by atoms with E-state index in [-0.39, 0.29) is 11.4 Å². The highest BCUT2D eigenvalue weighted by Gasteiger charge is 2.25. The van der Waals surface area contributed by atoms with Gasteiger partial charge < -0.3 is 15.0 Å². The maximum Gasteiger partial charge on any atom is 0.258 e. The molecule has 8 nitrogen and oxygen atoms in total. The summed E-state index contributed by atoms with van der Waals surface area (Å²) in [6.45, 7) is 4.65. The number of carbonyl (C=O) groups is 1. The summed E-state index contributed by atoms with van der Waals surface area (Å²) >= 11 is 0. The molecule has 160 valence electrons. The minimum Gasteiger partial charge on any atom is -0.438 e. The van der Waals surface area contributed by atoms with Gasteiger partial charge in [0.15, 0.2) is 9.84 Å². The lowest BCUT2D eigenvalue weighted by Gasteiger charge is -2.22. The number of sulfone groups is 1. The van der Waals surface area contributed by atoms with Crippen molar-refractivity contribution in [1.29, 1.82) is 0 Å². The highest BCUT2D eigenvalue weighted by Crippen LogP contribution is 2.28. The van der Waals surface area contributed by atoms with Crippen LogP contribution in [-0.4, -0.2) is 49.2 Å². The van der Waals surface area contributed by atoms with Gasteiger partial charge in [-0.25, -0.2) is 13.4 Å². The summed E-state index contributed by atoms with van der Waals surface area (Å²) in [6.07, 6.45) is 6.08. The van der Waals surface area contributed by atoms with Crippen LogP contribution in [0.5, 0.6) is 11.6 Å². The number of para-hydroxylation sites is 1. The van der Waals surface area contributed by atoms with E-state index in [0.717, 1.165) is 31.1 Å². The van der Waals surface area contributed by atoms with Crippen LogP contribution in [0, 0.1) is 0 Å². The number of nitrogens with one attached hydrogen (secondary N) is 1. The van der Waals surface area contributed by atoms with Gasteiger partial charge in [0.25, 0.3) is 5.91 Å². The Hall–Kier alpha value is -2.94. The lowest BCUT2D eigenvalue weighted by atomic mass is 10.2. The molecule has 0 radical (unpaired) electrons. The molecule has 9 heteroatoms. The van der Waals surface area contributed by atoms with Crippen molar-refractivity contribution in [2.45, 2.75) is 38.8 Å². The van der Waals surface area contributed by atoms with Gasteiger partial charge in [0.05, 0.1) is 0 Å². The van der Waals surface area contributed by atoms with Crippen LogP contribution in [0.3, 0.4) is 0 Å². The van der Waals surface area contributed by atoms with Crippen molar-refractivity contribution in [2.75, 3.05) is 17.7 Å². The lowest BCUT2D eigenvalue weighted by Crippen LogP contribution is -2.32. The van der Waals surface area contributed by atoms with Gasteiger partial charge in [0, 0.05) is 36.5 Å². The minimum atomic E-state index is -3.28. The van der Waals surface area contributed by atoms with Crippen LogP contribution in [0.15, 0.2) is 48.0 Å². The Morgan fingerprint density at radius 2 is 2.07 bits per heavy atom. The standard InChI is InChI=1S/C21H26N4O4S/c1-15(11-13-30(3,27)28)23-19(26)18-14-22-21(25-12-7-8-16(25)2)24-20(18)29-17-9-5-4-6-10-17/h4-6,9-11,13-16H,7-8,12H2,1-3H3,(H,23,26)/b13-11+/t15?,16-/m0/s1. The Bertz CT molecular complexity index is 1020. The maximum absolute atomic E-state index is 12.8. The zero-order valence-electron chi connectivity index (χ0n) is 17.3. The number of benzene rings is 1. The molecule has 1 saturated heterocycles. The second-order valence-corrected chi connectivity index (χ2v) is 9.34. The number of hydrogen-bond donors (Lipinski definition) is 1. The zero-order chi connectivity index (χ0) is 21.7. The third-order valence-electron chi connectivity index (χ3n) is 4.73. The highest BCUT2D eigenvalue weighted by molar-refractivity contribution is 7.93. The normalized spacial score (nSPS) is 17.8. The van der Waals surface area contributed by atoms with Crippen molar-refractivity contribution in [1.82, 2.24) is 15.3 Å². The van der Waals surface area contributed by atoms with E-state index in [1.165, 1.54) is 12.3 Å². The Kier molecular flexibility index (Phi) is 6.71. The maximum atomic E-state index is 12.8. The van der Waals surface area contributed by atoms with Crippen molar-refractivity contribution in [2.24, 2.45) is 0 Å². The number of rotatable bonds is 7. The van der Waals surface area contributed by atoms with Crippen molar-refractivity contribution < 1.29 is 17.9 Å². The van der Waals surface area contributed by atoms with E-state index in [2.05, 4.69) is 27.1 Å². The highest BCUT2D eigenvalue weighted by atomic mass is 32.2. The number of aromatic nitrogens is 2. The van der Waals surface area contributed by atoms with Crippen LogP contribution in [0.2, 0.25) is 0 Å². The third-order valence-corrected chi connectivity index (χ3v) is 5.38. The summed E-state index contributed by atoms with van der Waals surface area (Å²) in [4.78, 5) is 23.8. The second-order valence-electron chi connectivity index (χ2n) is 7.41. The zero-order valence-corrected chi connectivity index (χ0v) is 18.1. The van der Waals surface area contributed by atoms with Gasteiger partial charge in [0.2, 0.25) is 11.8 Å². The molecule has 2 aromatic rings. The summed E-state index contributed by atoms with van der Waals surface area (Å²) in [5.41, 5.74) is 0.175. The fraction of sp³-hybridized carbons (Fsp3) is 0.381. The average Bonchev–Trinajstić information content (AvgIpc) is 3.12. The van der Waals surface area contributed by atoms with E-state index in [4.69, 9.17) is 4.74 Å². The molecule has 2 atom stereocenters. The van der Waals surface area contributed by atoms with Crippen LogP contribution >= 0.6 is 0 Å². The molecule has 1 aliphatic rings. The molecule has 30 heavy (non-hydrogen) atoms. The fourth-order valence-electron chi connectivity index (χ4n) is 3.15. The molecule has 1 fully saturated rings. The van der Waals surface area contributed by atoms with Crippen molar-refractivity contribution in [3.8, 4) is 11.6 Å². The van der Waals surface area contributed by atoms with E-state index in [0.29, 0.717) is 17.7 Å². The monoisotopic (exact) mass is 430 g/mol. The molecule has 1 aromatic carbocycles. The Morgan fingerprint density at radius 3 is 2.70 bits per heavy atom. The third kappa shape index (κ3) is 5.79. The van der Waals surface area contributed by atoms with E-state index >= 15 is 0 Å². The first-order valence-electron chi connectivity index (χ1n) is 9.78. The average molecular weight is 431 g/mol. The number of anilines is 1. The summed E-state index contributed by atoms with van der Waals surface area (Å²) in [5, 5.41) is 3.79. The van der Waals surface area contributed by atoms with Gasteiger partial charge in [-0.2, -0.15) is 4.98 Å². The SMILES string of the molecule is CC(/C=C/S(C)(=O)=O)NC(=O)c1cnc(N2CCC[C@@H]2C)nc1Oc1ccccc1. The van der Waals surface area contributed by atoms with Crippen LogP contribution < -0.4 is 15.0 Å². The van der Waals surface area contributed by atoms with Crippen LogP contribution in [0.25, 0.3) is 0 Å². The van der Waals surface area contributed by atoms with Crippen LogP contribution in [0.1, 0.15) is 37.0 Å². The number of carbonyl (C=O) groups excluding carboxylic acids is 1. The first-order chi connectivity index (χ1) is 14.2. The molecule has 0 spiro atoms. The Balaban J connectivity index is 1.88. The largest absolute Gasteiger partial charge is 0.438 e. The first-order valence-corrected chi connectivity index (χ1v) is 11.7. The molecule has 1 amide bonds. The number of amides is 1. The Morgan fingerprint density at radius 1 is 1.33 bits per heavy atom. The molecule has 1 aliphatic heterocycles. The van der Waals surface area contributed by atoms with Gasteiger partial charge in [-0.05, 0) is 38.8 Å². The lowest BCUT2D eigenvalue weighted by molar-refractivity contribution is 0.0943. The minimum absolute atomic E-state index is 0.155. The van der Waals surface area contributed by atoms with Crippen molar-refractivity contribution in [3.63, 3.8) is 0 Å². The van der Waals surface area contributed by atoms with Crippen LogP contribution in [-0.2, 0) is 9.84 Å². The predicted octanol–water partition coefficient (Wildman–Crippen LogP) is 2.93. The Labute approximate surface area is 176 Å². The summed E-state index contributed by atoms with van der Waals surface area (Å²) in [7, 11) is -3.28. The number of hydrogen-bond acceptors (Lipinski definition) is 7.